The van der Waals surface area contributed by atoms with E-state index in [1.54, 1.807) is 12.3 Å². The fourth-order valence-electron chi connectivity index (χ4n) is 3.97. The van der Waals surface area contributed by atoms with Crippen LogP contribution in [0.3, 0.4) is 0 Å². The Balaban J connectivity index is 1.64. The fraction of sp³-hybridized carbons (Fsp3) is 0.192. The van der Waals surface area contributed by atoms with E-state index < -0.39 is 0 Å². The Morgan fingerprint density at radius 3 is 2.47 bits per heavy atom. The van der Waals surface area contributed by atoms with Gasteiger partial charge in [-0.05, 0) is 41.3 Å². The lowest BCUT2D eigenvalue weighted by Crippen LogP contribution is -2.18. The lowest BCUT2D eigenvalue weighted by Gasteiger charge is -2.23. The number of para-hydroxylation sites is 1. The summed E-state index contributed by atoms with van der Waals surface area (Å²) in [6.45, 7) is 1.35. The Bertz CT molecular complexity index is 1200. The van der Waals surface area contributed by atoms with Gasteiger partial charge in [0, 0.05) is 43.5 Å². The molecule has 4 rings (SSSR count). The Labute approximate surface area is 176 Å². The number of anilines is 1. The van der Waals surface area contributed by atoms with Crippen LogP contribution in [0, 0.1) is 0 Å². The maximum absolute atomic E-state index is 12.4. The van der Waals surface area contributed by atoms with Crippen molar-refractivity contribution in [3.05, 3.63) is 112 Å². The third kappa shape index (κ3) is 4.29. The molecule has 4 aromatic rings. The molecular formula is C26H26N2O2. The van der Waals surface area contributed by atoms with Gasteiger partial charge in [-0.1, -0.05) is 54.6 Å². The number of pyridine rings is 1. The van der Waals surface area contributed by atoms with Crippen LogP contribution in [0.25, 0.3) is 10.9 Å². The summed E-state index contributed by atoms with van der Waals surface area (Å²) in [6.07, 6.45) is 2.49. The fourth-order valence-corrected chi connectivity index (χ4v) is 3.97. The molecule has 4 nitrogen and oxygen atoms in total. The quantitative estimate of drug-likeness (QED) is 0.507. The number of hydrogen-bond acceptors (Lipinski definition) is 3. The van der Waals surface area contributed by atoms with Crippen molar-refractivity contribution < 1.29 is 5.11 Å². The van der Waals surface area contributed by atoms with Crippen LogP contribution in [0.2, 0.25) is 0 Å². The van der Waals surface area contributed by atoms with Crippen molar-refractivity contribution >= 4 is 16.6 Å². The molecule has 0 amide bonds. The maximum Gasteiger partial charge on any atom is 0.189 e. The molecule has 0 spiro atoms. The normalized spacial score (nSPS) is 11.0. The summed E-state index contributed by atoms with van der Waals surface area (Å²) in [7, 11) is 2.11. The number of hydrogen-bond donors (Lipinski definition) is 1. The second-order valence-electron chi connectivity index (χ2n) is 7.60. The predicted molar refractivity (Wildman–Crippen MR) is 123 cm³/mol. The zero-order valence-electron chi connectivity index (χ0n) is 17.2. The molecule has 0 unspecified atom stereocenters. The topological polar surface area (TPSA) is 45.5 Å². The first-order chi connectivity index (χ1) is 14.7. The van der Waals surface area contributed by atoms with Crippen molar-refractivity contribution in [3.8, 4) is 0 Å². The van der Waals surface area contributed by atoms with Crippen molar-refractivity contribution in [2.45, 2.75) is 19.5 Å². The van der Waals surface area contributed by atoms with E-state index in [1.807, 2.05) is 22.8 Å². The molecule has 0 saturated carbocycles. The van der Waals surface area contributed by atoms with Gasteiger partial charge in [0.2, 0.25) is 0 Å². The molecule has 0 radical (unpaired) electrons. The molecule has 0 atom stereocenters. The minimum atomic E-state index is 0.00974. The average molecular weight is 399 g/mol. The molecular weight excluding hydrogens is 372 g/mol. The summed E-state index contributed by atoms with van der Waals surface area (Å²) in [6, 6.07) is 26.5. The second-order valence-corrected chi connectivity index (χ2v) is 7.60. The van der Waals surface area contributed by atoms with E-state index in [2.05, 4.69) is 66.5 Å². The highest BCUT2D eigenvalue weighted by Crippen LogP contribution is 2.25. The first-order valence-corrected chi connectivity index (χ1v) is 10.2. The molecule has 1 aromatic heterocycles. The molecule has 0 saturated heterocycles. The molecule has 0 aliphatic heterocycles. The van der Waals surface area contributed by atoms with Gasteiger partial charge in [-0.3, -0.25) is 4.79 Å². The van der Waals surface area contributed by atoms with Gasteiger partial charge in [0.25, 0.3) is 0 Å². The van der Waals surface area contributed by atoms with E-state index >= 15 is 0 Å². The van der Waals surface area contributed by atoms with E-state index in [4.69, 9.17) is 0 Å². The van der Waals surface area contributed by atoms with Crippen LogP contribution < -0.4 is 10.3 Å². The maximum atomic E-state index is 12.4. The van der Waals surface area contributed by atoms with Crippen LogP contribution in [0.15, 0.2) is 89.9 Å². The number of aliphatic hydroxyl groups is 1. The van der Waals surface area contributed by atoms with Gasteiger partial charge in [-0.15, -0.1) is 0 Å². The van der Waals surface area contributed by atoms with Gasteiger partial charge < -0.3 is 14.6 Å². The smallest absolute Gasteiger partial charge is 0.189 e. The molecule has 152 valence electrons. The summed E-state index contributed by atoms with van der Waals surface area (Å²) in [4.78, 5) is 14.7. The minimum absolute atomic E-state index is 0.00974. The first kappa shape index (κ1) is 19.9. The van der Waals surface area contributed by atoms with Gasteiger partial charge >= 0.3 is 0 Å². The Hall–Kier alpha value is -3.37. The highest BCUT2D eigenvalue weighted by atomic mass is 16.3. The summed E-state index contributed by atoms with van der Waals surface area (Å²) < 4.78 is 1.92. The van der Waals surface area contributed by atoms with Crippen molar-refractivity contribution in [1.82, 2.24) is 4.57 Å². The van der Waals surface area contributed by atoms with E-state index in [-0.39, 0.29) is 12.0 Å². The van der Waals surface area contributed by atoms with Crippen molar-refractivity contribution in [2.24, 2.45) is 0 Å². The number of rotatable bonds is 7. The Morgan fingerprint density at radius 2 is 1.67 bits per heavy atom. The molecule has 0 aliphatic rings. The summed E-state index contributed by atoms with van der Waals surface area (Å²) in [5, 5.41) is 9.98. The third-order valence-electron chi connectivity index (χ3n) is 5.44. The summed E-state index contributed by atoms with van der Waals surface area (Å²) in [5.41, 5.74) is 5.64. The Kier molecular flexibility index (Phi) is 5.96. The minimum Gasteiger partial charge on any atom is -0.395 e. The van der Waals surface area contributed by atoms with Gasteiger partial charge in [-0.2, -0.15) is 0 Å². The molecule has 1 N–H and O–H groups in total. The van der Waals surface area contributed by atoms with Crippen LogP contribution in [0.4, 0.5) is 5.69 Å². The van der Waals surface area contributed by atoms with Gasteiger partial charge in [0.15, 0.2) is 5.43 Å². The molecule has 0 aliphatic carbocycles. The molecule has 0 bridgehead atoms. The molecule has 0 fully saturated rings. The largest absolute Gasteiger partial charge is 0.395 e. The van der Waals surface area contributed by atoms with Crippen LogP contribution in [0.5, 0.6) is 0 Å². The number of nitrogens with zero attached hydrogens (tertiary/aromatic N) is 2. The van der Waals surface area contributed by atoms with Crippen molar-refractivity contribution in [1.29, 1.82) is 0 Å². The number of benzene rings is 3. The lowest BCUT2D eigenvalue weighted by atomic mass is 10.0. The number of fused-ring (bicyclic) bond motifs is 1. The zero-order valence-corrected chi connectivity index (χ0v) is 17.2. The zero-order chi connectivity index (χ0) is 20.9. The van der Waals surface area contributed by atoms with Gasteiger partial charge in [0.1, 0.15) is 0 Å². The Morgan fingerprint density at radius 1 is 0.900 bits per heavy atom. The highest BCUT2D eigenvalue weighted by Gasteiger charge is 2.10. The van der Waals surface area contributed by atoms with Crippen LogP contribution in [-0.2, 0) is 19.5 Å². The summed E-state index contributed by atoms with van der Waals surface area (Å²) in [5.74, 6) is 0. The number of aromatic nitrogens is 1. The number of aliphatic hydroxyl groups excluding tert-OH is 1. The summed E-state index contributed by atoms with van der Waals surface area (Å²) >= 11 is 0. The molecule has 30 heavy (non-hydrogen) atoms. The molecule has 1 heterocycles. The van der Waals surface area contributed by atoms with E-state index in [0.29, 0.717) is 11.9 Å². The molecule has 4 heteroatoms. The average Bonchev–Trinajstić information content (AvgIpc) is 2.77. The standard InChI is InChI=1S/C26H26N2O2/c1-27(19-20-7-3-2-4-8-20)24-10-6-5-9-22(24)17-21-11-12-25-23(18-21)26(30)13-14-28(25)15-16-29/h2-14,18,29H,15-17,19H2,1H3. The third-order valence-corrected chi connectivity index (χ3v) is 5.44. The first-order valence-electron chi connectivity index (χ1n) is 10.2. The van der Waals surface area contributed by atoms with Gasteiger partial charge in [-0.25, -0.2) is 0 Å². The van der Waals surface area contributed by atoms with Crippen LogP contribution in [-0.4, -0.2) is 23.3 Å². The van der Waals surface area contributed by atoms with Crippen molar-refractivity contribution in [3.63, 3.8) is 0 Å². The highest BCUT2D eigenvalue weighted by molar-refractivity contribution is 5.79. The van der Waals surface area contributed by atoms with Gasteiger partial charge in [0.05, 0.1) is 12.1 Å². The SMILES string of the molecule is CN(Cc1ccccc1)c1ccccc1Cc1ccc2c(c1)c(=O)ccn2CCO. The van der Waals surface area contributed by atoms with E-state index in [0.717, 1.165) is 24.0 Å². The lowest BCUT2D eigenvalue weighted by molar-refractivity contribution is 0.278. The monoisotopic (exact) mass is 398 g/mol. The van der Waals surface area contributed by atoms with Crippen LogP contribution >= 0.6 is 0 Å². The molecule has 3 aromatic carbocycles. The van der Waals surface area contributed by atoms with Crippen LogP contribution in [0.1, 0.15) is 16.7 Å². The van der Waals surface area contributed by atoms with Crippen molar-refractivity contribution in [2.75, 3.05) is 18.6 Å². The van der Waals surface area contributed by atoms with E-state index in [1.165, 1.54) is 16.8 Å². The predicted octanol–water partition coefficient (Wildman–Crippen LogP) is 4.22. The van der Waals surface area contributed by atoms with E-state index in [9.17, 15) is 9.90 Å². The second kappa shape index (κ2) is 8.97.